The monoisotopic (exact) mass is 303 g/mol. The summed E-state index contributed by atoms with van der Waals surface area (Å²) in [7, 11) is 1.96. The third-order valence-electron chi connectivity index (χ3n) is 5.42. The number of aryl methyl sites for hydroxylation is 1. The molecule has 22 heavy (non-hydrogen) atoms. The van der Waals surface area contributed by atoms with Gasteiger partial charge in [-0.25, -0.2) is 0 Å². The van der Waals surface area contributed by atoms with Crippen LogP contribution >= 0.6 is 0 Å². The maximum atomic E-state index is 13.0. The molecule has 4 heteroatoms. The lowest BCUT2D eigenvalue weighted by Gasteiger charge is -2.44. The van der Waals surface area contributed by atoms with E-state index in [1.165, 1.54) is 12.0 Å². The molecule has 0 radical (unpaired) electrons. The number of rotatable bonds is 5. The Balaban J connectivity index is 1.58. The molecule has 1 aromatic heterocycles. The van der Waals surface area contributed by atoms with Crippen molar-refractivity contribution in [2.75, 3.05) is 13.1 Å². The van der Waals surface area contributed by atoms with Gasteiger partial charge in [-0.3, -0.25) is 9.48 Å². The number of nitrogens with zero attached hydrogens (tertiary/aromatic N) is 3. The van der Waals surface area contributed by atoms with E-state index in [0.717, 1.165) is 45.2 Å². The maximum Gasteiger partial charge on any atom is 0.228 e. The quantitative estimate of drug-likeness (QED) is 0.838. The summed E-state index contributed by atoms with van der Waals surface area (Å²) in [6, 6.07) is 0. The lowest BCUT2D eigenvalue weighted by Crippen LogP contribution is -2.47. The second-order valence-corrected chi connectivity index (χ2v) is 7.86. The summed E-state index contributed by atoms with van der Waals surface area (Å²) in [6.07, 6.45) is 10.7. The fourth-order valence-corrected chi connectivity index (χ4v) is 4.32. The van der Waals surface area contributed by atoms with E-state index in [-0.39, 0.29) is 5.41 Å². The van der Waals surface area contributed by atoms with Crippen LogP contribution in [-0.4, -0.2) is 33.7 Å². The van der Waals surface area contributed by atoms with Gasteiger partial charge < -0.3 is 4.90 Å². The molecule has 1 saturated heterocycles. The van der Waals surface area contributed by atoms with Crippen LogP contribution in [0.5, 0.6) is 0 Å². The Bertz CT molecular complexity index is 530. The first-order chi connectivity index (χ1) is 10.5. The Morgan fingerprint density at radius 2 is 2.23 bits per heavy atom. The predicted octanol–water partition coefficient (Wildman–Crippen LogP) is 3.03. The van der Waals surface area contributed by atoms with Crippen molar-refractivity contribution >= 4 is 5.91 Å². The van der Waals surface area contributed by atoms with Crippen LogP contribution in [0.1, 0.15) is 51.5 Å². The van der Waals surface area contributed by atoms with Crippen molar-refractivity contribution in [3.05, 3.63) is 18.0 Å². The van der Waals surface area contributed by atoms with Crippen LogP contribution in [0.2, 0.25) is 0 Å². The molecule has 2 heterocycles. The van der Waals surface area contributed by atoms with E-state index in [4.69, 9.17) is 0 Å². The number of carbonyl (C=O) groups excluding carboxylic acids is 1. The summed E-state index contributed by atoms with van der Waals surface area (Å²) in [5.74, 6) is 1.66. The van der Waals surface area contributed by atoms with Gasteiger partial charge in [0.2, 0.25) is 5.91 Å². The third kappa shape index (κ3) is 3.06. The molecule has 0 N–H and O–H groups in total. The van der Waals surface area contributed by atoms with Gasteiger partial charge in [0.1, 0.15) is 0 Å². The lowest BCUT2D eigenvalue weighted by molar-refractivity contribution is -0.148. The van der Waals surface area contributed by atoms with Gasteiger partial charge in [0.05, 0.1) is 6.20 Å². The van der Waals surface area contributed by atoms with Crippen molar-refractivity contribution in [3.63, 3.8) is 0 Å². The second-order valence-electron chi connectivity index (χ2n) is 7.86. The molecule has 0 spiro atoms. The number of carbonyl (C=O) groups is 1. The third-order valence-corrected chi connectivity index (χ3v) is 5.42. The largest absolute Gasteiger partial charge is 0.342 e. The first-order valence-electron chi connectivity index (χ1n) is 8.75. The average molecular weight is 303 g/mol. The van der Waals surface area contributed by atoms with Crippen LogP contribution in [-0.2, 0) is 18.3 Å². The van der Waals surface area contributed by atoms with Gasteiger partial charge in [0.15, 0.2) is 0 Å². The number of aromatic nitrogens is 2. The smallest absolute Gasteiger partial charge is 0.228 e. The summed E-state index contributed by atoms with van der Waals surface area (Å²) in [6.45, 7) is 6.36. The Labute approximate surface area is 133 Å². The molecule has 1 atom stereocenters. The van der Waals surface area contributed by atoms with Crippen molar-refractivity contribution in [2.45, 2.75) is 52.4 Å². The van der Waals surface area contributed by atoms with Gasteiger partial charge in [0, 0.05) is 31.7 Å². The van der Waals surface area contributed by atoms with E-state index >= 15 is 0 Å². The van der Waals surface area contributed by atoms with E-state index in [1.54, 1.807) is 0 Å². The molecule has 3 rings (SSSR count). The molecule has 1 saturated carbocycles. The van der Waals surface area contributed by atoms with E-state index in [9.17, 15) is 4.79 Å². The molecule has 1 amide bonds. The zero-order valence-electron chi connectivity index (χ0n) is 14.2. The first kappa shape index (κ1) is 15.6. The maximum absolute atomic E-state index is 13.0. The highest BCUT2D eigenvalue weighted by Crippen LogP contribution is 2.48. The van der Waals surface area contributed by atoms with Crippen LogP contribution in [0.25, 0.3) is 0 Å². The second kappa shape index (κ2) is 6.05. The summed E-state index contributed by atoms with van der Waals surface area (Å²) in [5, 5.41) is 4.24. The fourth-order valence-electron chi connectivity index (χ4n) is 4.32. The Morgan fingerprint density at radius 1 is 1.45 bits per heavy atom. The highest BCUT2D eigenvalue weighted by Gasteiger charge is 2.47. The van der Waals surface area contributed by atoms with Gasteiger partial charge >= 0.3 is 0 Å². The van der Waals surface area contributed by atoms with E-state index in [0.29, 0.717) is 17.7 Å². The van der Waals surface area contributed by atoms with Crippen molar-refractivity contribution in [2.24, 2.45) is 24.3 Å². The van der Waals surface area contributed by atoms with Gasteiger partial charge in [-0.05, 0) is 49.5 Å². The number of hydrogen-bond acceptors (Lipinski definition) is 2. The normalized spacial score (nSPS) is 23.8. The van der Waals surface area contributed by atoms with E-state index < -0.39 is 0 Å². The van der Waals surface area contributed by atoms with Crippen LogP contribution in [0.4, 0.5) is 0 Å². The molecule has 1 aromatic rings. The number of amides is 1. The van der Waals surface area contributed by atoms with Crippen molar-refractivity contribution < 1.29 is 4.79 Å². The molecule has 0 aromatic carbocycles. The van der Waals surface area contributed by atoms with Gasteiger partial charge in [0.25, 0.3) is 0 Å². The Kier molecular flexibility index (Phi) is 4.28. The van der Waals surface area contributed by atoms with Gasteiger partial charge in [-0.2, -0.15) is 5.10 Å². The van der Waals surface area contributed by atoms with Crippen LogP contribution in [0.3, 0.4) is 0 Å². The van der Waals surface area contributed by atoms with Crippen molar-refractivity contribution in [1.29, 1.82) is 0 Å². The standard InChI is InChI=1S/C18H29N3O/c1-14(2)10-18(6-4-7-18)17(22)21-8-5-15(13-21)9-16-11-19-20(3)12-16/h11-12,14-15H,4-10,13H2,1-3H3. The predicted molar refractivity (Wildman–Crippen MR) is 87.3 cm³/mol. The van der Waals surface area contributed by atoms with Crippen LogP contribution in [0.15, 0.2) is 12.4 Å². The van der Waals surface area contributed by atoms with E-state index in [1.807, 2.05) is 17.9 Å². The number of hydrogen-bond donors (Lipinski definition) is 0. The molecule has 2 aliphatic rings. The summed E-state index contributed by atoms with van der Waals surface area (Å²) in [5.41, 5.74) is 1.28. The molecular formula is C18H29N3O. The molecule has 1 aliphatic heterocycles. The topological polar surface area (TPSA) is 38.1 Å². The van der Waals surface area contributed by atoms with E-state index in [2.05, 4.69) is 30.0 Å². The summed E-state index contributed by atoms with van der Waals surface area (Å²) < 4.78 is 1.86. The first-order valence-corrected chi connectivity index (χ1v) is 8.75. The molecular weight excluding hydrogens is 274 g/mol. The number of likely N-dealkylation sites (tertiary alicyclic amines) is 1. The SMILES string of the molecule is CC(C)CC1(C(=O)N2CCC(Cc3cnn(C)c3)C2)CCC1. The highest BCUT2D eigenvalue weighted by atomic mass is 16.2. The molecule has 0 bridgehead atoms. The van der Waals surface area contributed by atoms with Gasteiger partial charge in [-0.15, -0.1) is 0 Å². The highest BCUT2D eigenvalue weighted by molar-refractivity contribution is 5.84. The summed E-state index contributed by atoms with van der Waals surface area (Å²) in [4.78, 5) is 15.2. The lowest BCUT2D eigenvalue weighted by atomic mass is 9.63. The summed E-state index contributed by atoms with van der Waals surface area (Å²) >= 11 is 0. The van der Waals surface area contributed by atoms with Gasteiger partial charge in [-0.1, -0.05) is 20.3 Å². The van der Waals surface area contributed by atoms with Crippen molar-refractivity contribution in [3.8, 4) is 0 Å². The minimum absolute atomic E-state index is 0.0165. The minimum atomic E-state index is -0.0165. The minimum Gasteiger partial charge on any atom is -0.342 e. The molecule has 1 aliphatic carbocycles. The van der Waals surface area contributed by atoms with Crippen LogP contribution in [0, 0.1) is 17.3 Å². The average Bonchev–Trinajstić information content (AvgIpc) is 3.03. The Hall–Kier alpha value is -1.32. The van der Waals surface area contributed by atoms with Crippen molar-refractivity contribution in [1.82, 2.24) is 14.7 Å². The molecule has 4 nitrogen and oxygen atoms in total. The molecule has 2 fully saturated rings. The fraction of sp³-hybridized carbons (Fsp3) is 0.778. The van der Waals surface area contributed by atoms with Crippen LogP contribution < -0.4 is 0 Å². The Morgan fingerprint density at radius 3 is 2.77 bits per heavy atom. The zero-order chi connectivity index (χ0) is 15.7. The zero-order valence-corrected chi connectivity index (χ0v) is 14.2. The molecule has 1 unspecified atom stereocenters. The molecule has 122 valence electrons.